The van der Waals surface area contributed by atoms with E-state index in [1.165, 1.54) is 0 Å². The summed E-state index contributed by atoms with van der Waals surface area (Å²) in [4.78, 5) is 24.6. The minimum Gasteiger partial charge on any atom is -0.389 e. The zero-order chi connectivity index (χ0) is 18.4. The van der Waals surface area contributed by atoms with Gasteiger partial charge < -0.3 is 21.1 Å². The Kier molecular flexibility index (Phi) is 7.36. The third-order valence-corrected chi connectivity index (χ3v) is 4.70. The highest BCUT2D eigenvalue weighted by Crippen LogP contribution is 2.30. The van der Waals surface area contributed by atoms with E-state index >= 15 is 0 Å². The van der Waals surface area contributed by atoms with Crippen LogP contribution in [0.4, 0.5) is 0 Å². The Morgan fingerprint density at radius 3 is 2.33 bits per heavy atom. The van der Waals surface area contributed by atoms with E-state index in [1.54, 1.807) is 24.3 Å². The van der Waals surface area contributed by atoms with E-state index in [9.17, 15) is 14.7 Å². The van der Waals surface area contributed by atoms with E-state index in [2.05, 4.69) is 16.0 Å². The van der Waals surface area contributed by atoms with Crippen molar-refractivity contribution in [3.8, 4) is 0 Å². The minimum absolute atomic E-state index is 0. The van der Waals surface area contributed by atoms with E-state index in [0.29, 0.717) is 25.1 Å². The summed E-state index contributed by atoms with van der Waals surface area (Å²) in [6, 6.07) is 18.2. The molecular weight excluding hydrogens is 366 g/mol. The minimum atomic E-state index is -0.860. The second-order valence-corrected chi connectivity index (χ2v) is 6.40. The molecule has 3 rings (SSSR count). The highest BCUT2D eigenvalue weighted by atomic mass is 35.5. The number of carbonyl (C=O) groups is 2. The Morgan fingerprint density at radius 1 is 1.07 bits per heavy atom. The lowest BCUT2D eigenvalue weighted by molar-refractivity contribution is -0.124. The Labute approximate surface area is 164 Å². The number of rotatable bonds is 5. The predicted molar refractivity (Wildman–Crippen MR) is 106 cm³/mol. The number of benzene rings is 2. The molecule has 2 atom stereocenters. The Balaban J connectivity index is 0.00000261. The summed E-state index contributed by atoms with van der Waals surface area (Å²) < 4.78 is 0. The van der Waals surface area contributed by atoms with Crippen LogP contribution in [0.1, 0.15) is 22.3 Å². The number of hydrogen-bond acceptors (Lipinski definition) is 4. The van der Waals surface area contributed by atoms with Crippen LogP contribution in [0.25, 0.3) is 0 Å². The second-order valence-electron chi connectivity index (χ2n) is 6.40. The highest BCUT2D eigenvalue weighted by molar-refractivity contribution is 5.96. The molecule has 1 fully saturated rings. The fourth-order valence-electron chi connectivity index (χ4n) is 3.30. The van der Waals surface area contributed by atoms with E-state index in [4.69, 9.17) is 0 Å². The molecule has 2 aromatic carbocycles. The molecule has 0 aliphatic carbocycles. The van der Waals surface area contributed by atoms with Crippen LogP contribution < -0.4 is 16.0 Å². The van der Waals surface area contributed by atoms with Crippen LogP contribution in [-0.2, 0) is 10.3 Å². The molecule has 0 unspecified atom stereocenters. The fraction of sp³-hybridized carbons (Fsp3) is 0.300. The number of piperidine rings is 1. The van der Waals surface area contributed by atoms with E-state index in [0.717, 1.165) is 5.56 Å². The average Bonchev–Trinajstić information content (AvgIpc) is 2.69. The largest absolute Gasteiger partial charge is 0.389 e. The first-order valence-electron chi connectivity index (χ1n) is 8.70. The van der Waals surface area contributed by atoms with Gasteiger partial charge in [0, 0.05) is 12.1 Å². The molecule has 0 radical (unpaired) electrons. The van der Waals surface area contributed by atoms with E-state index in [1.807, 2.05) is 36.4 Å². The van der Waals surface area contributed by atoms with Crippen molar-refractivity contribution in [2.24, 2.45) is 0 Å². The number of carbonyl (C=O) groups excluding carboxylic acids is 2. The molecule has 1 heterocycles. The molecule has 0 bridgehead atoms. The van der Waals surface area contributed by atoms with Gasteiger partial charge in [-0.25, -0.2) is 0 Å². The summed E-state index contributed by atoms with van der Waals surface area (Å²) in [7, 11) is 0. The average molecular weight is 390 g/mol. The van der Waals surface area contributed by atoms with Crippen LogP contribution in [0, 0.1) is 0 Å². The lowest BCUT2D eigenvalue weighted by Crippen LogP contribution is -2.62. The lowest BCUT2D eigenvalue weighted by atomic mass is 9.79. The molecule has 0 saturated carbocycles. The van der Waals surface area contributed by atoms with Crippen molar-refractivity contribution < 1.29 is 14.7 Å². The molecule has 1 aliphatic heterocycles. The fourth-order valence-corrected chi connectivity index (χ4v) is 3.30. The molecule has 0 aromatic heterocycles. The van der Waals surface area contributed by atoms with Gasteiger partial charge in [0.2, 0.25) is 5.91 Å². The van der Waals surface area contributed by atoms with Crippen LogP contribution in [0.5, 0.6) is 0 Å². The second kappa shape index (κ2) is 9.50. The first kappa shape index (κ1) is 20.9. The van der Waals surface area contributed by atoms with Crippen molar-refractivity contribution in [1.82, 2.24) is 16.0 Å². The van der Waals surface area contributed by atoms with Crippen LogP contribution in [0.2, 0.25) is 0 Å². The predicted octanol–water partition coefficient (Wildman–Crippen LogP) is 1.20. The normalized spacial score (nSPS) is 21.6. The number of hydrogen-bond donors (Lipinski definition) is 4. The van der Waals surface area contributed by atoms with Gasteiger partial charge in [-0.3, -0.25) is 9.59 Å². The number of amides is 2. The summed E-state index contributed by atoms with van der Waals surface area (Å²) in [5.41, 5.74) is 0.498. The number of nitrogens with one attached hydrogen (secondary N) is 3. The quantitative estimate of drug-likeness (QED) is 0.618. The maximum Gasteiger partial charge on any atom is 0.251 e. The maximum absolute atomic E-state index is 12.5. The number of β-amino-alcohol motifs (C(OH)–C–C–N with tert-alkyl or cyclic N) is 1. The molecule has 4 N–H and O–H groups in total. The van der Waals surface area contributed by atoms with Crippen molar-refractivity contribution in [2.75, 3.05) is 19.6 Å². The van der Waals surface area contributed by atoms with Gasteiger partial charge in [0.05, 0.1) is 18.2 Å². The molecule has 27 heavy (non-hydrogen) atoms. The van der Waals surface area contributed by atoms with Crippen LogP contribution in [-0.4, -0.2) is 42.7 Å². The third kappa shape index (κ3) is 4.86. The molecule has 2 aromatic rings. The molecule has 2 amide bonds. The van der Waals surface area contributed by atoms with Gasteiger partial charge in [0.15, 0.2) is 0 Å². The van der Waals surface area contributed by atoms with Crippen molar-refractivity contribution in [3.05, 3.63) is 71.8 Å². The molecular formula is C20H24ClN3O3. The third-order valence-electron chi connectivity index (χ3n) is 4.70. The number of halogens is 1. The van der Waals surface area contributed by atoms with E-state index in [-0.39, 0.29) is 30.8 Å². The zero-order valence-corrected chi connectivity index (χ0v) is 15.7. The van der Waals surface area contributed by atoms with E-state index < -0.39 is 11.6 Å². The van der Waals surface area contributed by atoms with Gasteiger partial charge in [-0.1, -0.05) is 48.5 Å². The van der Waals surface area contributed by atoms with Gasteiger partial charge in [-0.05, 0) is 30.7 Å². The molecule has 7 heteroatoms. The monoisotopic (exact) mass is 389 g/mol. The van der Waals surface area contributed by atoms with Crippen molar-refractivity contribution >= 4 is 24.2 Å². The Bertz CT molecular complexity index is 758. The van der Waals surface area contributed by atoms with Crippen molar-refractivity contribution in [1.29, 1.82) is 0 Å². The van der Waals surface area contributed by atoms with Gasteiger partial charge in [-0.15, -0.1) is 12.4 Å². The van der Waals surface area contributed by atoms with Crippen LogP contribution >= 0.6 is 12.4 Å². The molecule has 6 nitrogen and oxygen atoms in total. The molecule has 0 spiro atoms. The smallest absolute Gasteiger partial charge is 0.251 e. The Hall–Kier alpha value is -2.41. The van der Waals surface area contributed by atoms with Crippen LogP contribution in [0.15, 0.2) is 60.7 Å². The summed E-state index contributed by atoms with van der Waals surface area (Å²) in [5.74, 6) is -0.639. The van der Waals surface area contributed by atoms with Gasteiger partial charge in [0.25, 0.3) is 5.91 Å². The summed E-state index contributed by atoms with van der Waals surface area (Å²) >= 11 is 0. The molecule has 1 aliphatic rings. The first-order valence-corrected chi connectivity index (χ1v) is 8.70. The maximum atomic E-state index is 12.5. The lowest BCUT2D eigenvalue weighted by Gasteiger charge is -2.43. The van der Waals surface area contributed by atoms with Gasteiger partial charge in [0.1, 0.15) is 0 Å². The standard InChI is InChI=1S/C20H23N3O3.ClH/c24-17-13-21-12-11-20(17,16-9-5-2-6-10-16)23-18(25)14-22-19(26)15-7-3-1-4-8-15;/h1-10,17,21,24H,11-14H2,(H,22,26)(H,23,25);1H/t17-,20+;/m1./s1. The number of aliphatic hydroxyl groups is 1. The number of aliphatic hydroxyl groups excluding tert-OH is 1. The first-order chi connectivity index (χ1) is 12.6. The summed E-state index contributed by atoms with van der Waals surface area (Å²) in [6.07, 6.45) is -0.191. The molecule has 144 valence electrons. The zero-order valence-electron chi connectivity index (χ0n) is 14.9. The van der Waals surface area contributed by atoms with Crippen molar-refractivity contribution in [2.45, 2.75) is 18.1 Å². The topological polar surface area (TPSA) is 90.5 Å². The highest BCUT2D eigenvalue weighted by Gasteiger charge is 2.42. The van der Waals surface area contributed by atoms with Crippen molar-refractivity contribution in [3.63, 3.8) is 0 Å². The van der Waals surface area contributed by atoms with Gasteiger partial charge in [-0.2, -0.15) is 0 Å². The summed E-state index contributed by atoms with van der Waals surface area (Å²) in [6.45, 7) is 0.927. The van der Waals surface area contributed by atoms with Gasteiger partial charge >= 0.3 is 0 Å². The molecule has 1 saturated heterocycles. The Morgan fingerprint density at radius 2 is 1.70 bits per heavy atom. The van der Waals surface area contributed by atoms with Crippen LogP contribution in [0.3, 0.4) is 0 Å². The summed E-state index contributed by atoms with van der Waals surface area (Å²) in [5, 5.41) is 19.3. The SMILES string of the molecule is Cl.O=C(CNC(=O)c1ccccc1)N[C@]1(c2ccccc2)CCNC[C@H]1O.